The van der Waals surface area contributed by atoms with Gasteiger partial charge in [-0.1, -0.05) is 45.4 Å². The summed E-state index contributed by atoms with van der Waals surface area (Å²) in [5.74, 6) is 0. The quantitative estimate of drug-likeness (QED) is 0.120. The molecule has 4 nitrogen and oxygen atoms in total. The molecule has 154 valence electrons. The second-order valence-electron chi connectivity index (χ2n) is 7.04. The van der Waals surface area contributed by atoms with E-state index in [2.05, 4.69) is 17.8 Å². The molecule has 0 aliphatic carbocycles. The number of hydrogen-bond acceptors (Lipinski definition) is 3. The fourth-order valence-electron chi connectivity index (χ4n) is 3.10. The van der Waals surface area contributed by atoms with E-state index < -0.39 is 17.0 Å². The van der Waals surface area contributed by atoms with Gasteiger partial charge in [-0.15, -0.1) is 0 Å². The zero-order valence-electron chi connectivity index (χ0n) is 16.9. The van der Waals surface area contributed by atoms with Crippen LogP contribution >= 0.6 is 0 Å². The minimum absolute atomic E-state index is 0.746. The van der Waals surface area contributed by atoms with Crippen molar-refractivity contribution in [2.75, 3.05) is 6.54 Å². The molecule has 3 N–H and O–H groups in total. The van der Waals surface area contributed by atoms with Crippen molar-refractivity contribution in [2.45, 2.75) is 115 Å². The number of hydrogen-bond donors (Lipinski definition) is 2. The van der Waals surface area contributed by atoms with Gasteiger partial charge < -0.3 is 0 Å². The van der Waals surface area contributed by atoms with Crippen molar-refractivity contribution < 1.29 is 21.8 Å². The molecule has 1 amide bonds. The zero-order chi connectivity index (χ0) is 18.6. The van der Waals surface area contributed by atoms with Crippen LogP contribution < -0.4 is 9.83 Å². The molecule has 0 aliphatic heterocycles. The Labute approximate surface area is 163 Å². The van der Waals surface area contributed by atoms with Gasteiger partial charge >= 0.3 is 118 Å². The van der Waals surface area contributed by atoms with Gasteiger partial charge in [0, 0.05) is 0 Å². The zero-order valence-corrected chi connectivity index (χ0v) is 19.3. The molecule has 0 spiro atoms. The number of unbranched alkanes of at least 4 members (excludes halogenated alkanes) is 15. The SMILES string of the molecule is CCCCCCCCCCCCCCCCCC[N](NC=O)[Ir]([CH3])[NH2]. The molecule has 25 heavy (non-hydrogen) atoms. The van der Waals surface area contributed by atoms with Gasteiger partial charge in [0.2, 0.25) is 0 Å². The average Bonchev–Trinajstić information content (AvgIpc) is 2.60. The van der Waals surface area contributed by atoms with Gasteiger partial charge in [0.15, 0.2) is 0 Å². The molecule has 0 bridgehead atoms. The predicted molar refractivity (Wildman–Crippen MR) is 106 cm³/mol. The van der Waals surface area contributed by atoms with E-state index in [1.807, 2.05) is 3.68 Å². The third-order valence-electron chi connectivity index (χ3n) is 4.67. The van der Waals surface area contributed by atoms with Crippen LogP contribution in [-0.4, -0.2) is 16.6 Å². The van der Waals surface area contributed by atoms with E-state index in [4.69, 9.17) is 4.40 Å². The van der Waals surface area contributed by atoms with E-state index in [0.29, 0.717) is 0 Å². The van der Waals surface area contributed by atoms with Crippen molar-refractivity contribution in [3.8, 4) is 0 Å². The molecule has 0 unspecified atom stereocenters. The molecule has 0 aromatic carbocycles. The number of nitrogens with one attached hydrogen (secondary N) is 1. The first-order valence-electron chi connectivity index (χ1n) is 10.4. The number of nitrogens with two attached hydrogens (primary N) is 1. The number of nitrogens with zero attached hydrogens (tertiary/aromatic N) is 1. The van der Waals surface area contributed by atoms with Crippen LogP contribution in [0.4, 0.5) is 0 Å². The Morgan fingerprint density at radius 2 is 1.12 bits per heavy atom. The summed E-state index contributed by atoms with van der Waals surface area (Å²) >= 11 is -1.66. The normalized spacial score (nSPS) is 11.8. The van der Waals surface area contributed by atoms with Crippen LogP contribution in [-0.2, 0) is 21.8 Å². The van der Waals surface area contributed by atoms with Crippen LogP contribution in [0.25, 0.3) is 0 Å². The topological polar surface area (TPSA) is 58.4 Å². The molecule has 0 saturated carbocycles. The van der Waals surface area contributed by atoms with E-state index in [9.17, 15) is 4.79 Å². The van der Waals surface area contributed by atoms with Crippen LogP contribution in [0.5, 0.6) is 0 Å². The fourth-order valence-corrected chi connectivity index (χ4v) is 4.93. The molecule has 5 heteroatoms. The Morgan fingerprint density at radius 3 is 1.44 bits per heavy atom. The van der Waals surface area contributed by atoms with Crippen LogP contribution in [0.3, 0.4) is 0 Å². The summed E-state index contributed by atoms with van der Waals surface area (Å²) in [4.78, 5) is 10.5. The maximum absolute atomic E-state index is 10.5. The van der Waals surface area contributed by atoms with Gasteiger partial charge in [0.25, 0.3) is 0 Å². The average molecular weight is 535 g/mol. The summed E-state index contributed by atoms with van der Waals surface area (Å²) in [5, 5.41) is 0. The van der Waals surface area contributed by atoms with Gasteiger partial charge in [0.1, 0.15) is 0 Å². The number of rotatable bonds is 20. The van der Waals surface area contributed by atoms with Gasteiger partial charge in [0.05, 0.1) is 0 Å². The van der Waals surface area contributed by atoms with Crippen molar-refractivity contribution in [1.29, 1.82) is 0 Å². The molecule has 0 fully saturated rings. The molecular formula is C20H44IrN3O. The fraction of sp³-hybridized carbons (Fsp3) is 0.950. The molecular weight excluding hydrogens is 490 g/mol. The molecule has 0 radical (unpaired) electrons. The Balaban J connectivity index is 3.17. The summed E-state index contributed by atoms with van der Waals surface area (Å²) in [6.07, 6.45) is 22.9. The van der Waals surface area contributed by atoms with Gasteiger partial charge in [-0.05, 0) is 0 Å². The molecule has 0 saturated heterocycles. The molecule has 0 aromatic rings. The number of hydrazine groups is 1. The van der Waals surface area contributed by atoms with E-state index in [0.717, 1.165) is 19.4 Å². The Morgan fingerprint density at radius 1 is 0.760 bits per heavy atom. The van der Waals surface area contributed by atoms with Crippen LogP contribution in [0, 0.1) is 0 Å². The monoisotopic (exact) mass is 535 g/mol. The molecule has 0 aromatic heterocycles. The molecule has 0 aliphatic rings. The predicted octanol–water partition coefficient (Wildman–Crippen LogP) is 5.67. The van der Waals surface area contributed by atoms with Crippen LogP contribution in [0.2, 0.25) is 5.44 Å². The minimum atomic E-state index is -1.66. The number of amides is 1. The van der Waals surface area contributed by atoms with Gasteiger partial charge in [-0.2, -0.15) is 0 Å². The first kappa shape index (κ1) is 25.0. The van der Waals surface area contributed by atoms with Crippen molar-refractivity contribution in [3.63, 3.8) is 0 Å². The molecule has 0 heterocycles. The molecule has 0 atom stereocenters. The van der Waals surface area contributed by atoms with E-state index in [1.54, 1.807) is 0 Å². The van der Waals surface area contributed by atoms with Gasteiger partial charge in [-0.25, -0.2) is 0 Å². The van der Waals surface area contributed by atoms with Crippen molar-refractivity contribution in [2.24, 2.45) is 4.40 Å². The van der Waals surface area contributed by atoms with Crippen LogP contribution in [0.1, 0.15) is 110 Å². The second kappa shape index (κ2) is 20.4. The first-order chi connectivity index (χ1) is 12.2. The first-order valence-corrected chi connectivity index (χ1v) is 15.3. The standard InChI is InChI=1S/C19H39N2O.CH3.Ir.H2N/c1-2-3-4-5-6-7-8-9-10-11-12-13-14-15-16-17-18-20-21-19-22;;;/h19H,2-18H2,1H3,(H,21,22);1H3;;1H2/q-1;;+2;-1. The Kier molecular flexibility index (Phi) is 20.4. The van der Waals surface area contributed by atoms with Crippen LogP contribution in [0.15, 0.2) is 0 Å². The Bertz CT molecular complexity index is 278. The Hall–Kier alpha value is 0.0394. The van der Waals surface area contributed by atoms with Crippen molar-refractivity contribution in [1.82, 2.24) is 9.11 Å². The third-order valence-corrected chi connectivity index (χ3v) is 7.55. The van der Waals surface area contributed by atoms with E-state index in [1.165, 1.54) is 96.3 Å². The number of carbonyl (C=O) groups is 1. The molecule has 0 rings (SSSR count). The summed E-state index contributed by atoms with van der Waals surface area (Å²) in [6.45, 7) is 3.20. The second-order valence-corrected chi connectivity index (χ2v) is 11.4. The van der Waals surface area contributed by atoms with E-state index >= 15 is 0 Å². The third kappa shape index (κ3) is 18.6. The maximum atomic E-state index is 10.5. The summed E-state index contributed by atoms with van der Waals surface area (Å²) in [5.41, 5.74) is 4.79. The summed E-state index contributed by atoms with van der Waals surface area (Å²) < 4.78 is 7.93. The van der Waals surface area contributed by atoms with Crippen molar-refractivity contribution in [3.05, 3.63) is 0 Å². The number of carbonyl (C=O) groups excluding carboxylic acids is 1. The van der Waals surface area contributed by atoms with Gasteiger partial charge in [-0.3, -0.25) is 0 Å². The summed E-state index contributed by atoms with van der Waals surface area (Å²) in [6, 6.07) is 0. The van der Waals surface area contributed by atoms with Crippen molar-refractivity contribution >= 4 is 6.41 Å². The van der Waals surface area contributed by atoms with E-state index in [-0.39, 0.29) is 0 Å². The summed E-state index contributed by atoms with van der Waals surface area (Å²) in [7, 11) is 0.